The van der Waals surface area contributed by atoms with E-state index in [2.05, 4.69) is 5.32 Å². The molecule has 3 rings (SSSR count). The Bertz CT molecular complexity index is 598. The van der Waals surface area contributed by atoms with E-state index in [1.54, 1.807) is 17.0 Å². The SMILES string of the molecule is O=C1C(Nc2ccccc2)CCN1c1ccc(F)cc1. The first-order chi connectivity index (χ1) is 9.74. The van der Waals surface area contributed by atoms with Crippen LogP contribution in [0.3, 0.4) is 0 Å². The maximum atomic E-state index is 12.9. The Balaban J connectivity index is 1.72. The van der Waals surface area contributed by atoms with Crippen molar-refractivity contribution in [2.45, 2.75) is 12.5 Å². The second kappa shape index (κ2) is 5.33. The molecular formula is C16H15FN2O. The second-order valence-electron chi connectivity index (χ2n) is 4.82. The maximum absolute atomic E-state index is 12.9. The average Bonchev–Trinajstić information content (AvgIpc) is 2.83. The van der Waals surface area contributed by atoms with Crippen LogP contribution in [0.4, 0.5) is 15.8 Å². The summed E-state index contributed by atoms with van der Waals surface area (Å²) in [6, 6.07) is 15.5. The third kappa shape index (κ3) is 2.50. The molecule has 1 amide bonds. The van der Waals surface area contributed by atoms with E-state index < -0.39 is 0 Å². The summed E-state index contributed by atoms with van der Waals surface area (Å²) < 4.78 is 12.9. The first kappa shape index (κ1) is 12.7. The van der Waals surface area contributed by atoms with Crippen LogP contribution < -0.4 is 10.2 Å². The zero-order valence-corrected chi connectivity index (χ0v) is 10.9. The molecule has 0 aliphatic carbocycles. The quantitative estimate of drug-likeness (QED) is 0.929. The Kier molecular flexibility index (Phi) is 3.37. The molecule has 3 nitrogen and oxygen atoms in total. The number of carbonyl (C=O) groups excluding carboxylic acids is 1. The van der Waals surface area contributed by atoms with Crippen molar-refractivity contribution < 1.29 is 9.18 Å². The van der Waals surface area contributed by atoms with Crippen LogP contribution in [0, 0.1) is 5.82 Å². The molecule has 1 fully saturated rings. The summed E-state index contributed by atoms with van der Waals surface area (Å²) in [4.78, 5) is 14.1. The fourth-order valence-electron chi connectivity index (χ4n) is 2.43. The highest BCUT2D eigenvalue weighted by Crippen LogP contribution is 2.23. The van der Waals surface area contributed by atoms with Gasteiger partial charge in [0, 0.05) is 17.9 Å². The number of nitrogens with zero attached hydrogens (tertiary/aromatic N) is 1. The Morgan fingerprint density at radius 2 is 1.75 bits per heavy atom. The molecule has 1 aliphatic rings. The van der Waals surface area contributed by atoms with Crippen molar-refractivity contribution in [3.8, 4) is 0 Å². The minimum atomic E-state index is -0.292. The molecule has 2 aromatic rings. The topological polar surface area (TPSA) is 32.3 Å². The van der Waals surface area contributed by atoms with E-state index in [-0.39, 0.29) is 17.8 Å². The number of halogens is 1. The van der Waals surface area contributed by atoms with Gasteiger partial charge in [-0.1, -0.05) is 18.2 Å². The Morgan fingerprint density at radius 3 is 2.45 bits per heavy atom. The van der Waals surface area contributed by atoms with E-state index in [1.165, 1.54) is 12.1 Å². The minimum Gasteiger partial charge on any atom is -0.374 e. The van der Waals surface area contributed by atoms with Gasteiger partial charge in [-0.15, -0.1) is 0 Å². The Morgan fingerprint density at radius 1 is 1.05 bits per heavy atom. The summed E-state index contributed by atoms with van der Waals surface area (Å²) >= 11 is 0. The first-order valence-corrected chi connectivity index (χ1v) is 6.62. The van der Waals surface area contributed by atoms with Crippen LogP contribution in [0.5, 0.6) is 0 Å². The summed E-state index contributed by atoms with van der Waals surface area (Å²) in [5.74, 6) is -0.264. The third-order valence-corrected chi connectivity index (χ3v) is 3.46. The lowest BCUT2D eigenvalue weighted by molar-refractivity contribution is -0.117. The van der Waals surface area contributed by atoms with Crippen LogP contribution in [0.2, 0.25) is 0 Å². The van der Waals surface area contributed by atoms with Crippen molar-refractivity contribution in [3.63, 3.8) is 0 Å². The normalized spacial score (nSPS) is 18.4. The molecular weight excluding hydrogens is 255 g/mol. The van der Waals surface area contributed by atoms with Crippen LogP contribution >= 0.6 is 0 Å². The summed E-state index contributed by atoms with van der Waals surface area (Å²) in [7, 11) is 0. The van der Waals surface area contributed by atoms with Crippen LogP contribution in [0.15, 0.2) is 54.6 Å². The van der Waals surface area contributed by atoms with Gasteiger partial charge in [-0.05, 0) is 42.8 Å². The molecule has 20 heavy (non-hydrogen) atoms. The molecule has 0 radical (unpaired) electrons. The van der Waals surface area contributed by atoms with E-state index in [1.807, 2.05) is 30.3 Å². The molecule has 0 spiro atoms. The zero-order chi connectivity index (χ0) is 13.9. The van der Waals surface area contributed by atoms with Gasteiger partial charge in [0.25, 0.3) is 0 Å². The largest absolute Gasteiger partial charge is 0.374 e. The zero-order valence-electron chi connectivity index (χ0n) is 10.9. The van der Waals surface area contributed by atoms with Gasteiger partial charge in [-0.25, -0.2) is 4.39 Å². The minimum absolute atomic E-state index is 0.0282. The maximum Gasteiger partial charge on any atom is 0.249 e. The number of hydrogen-bond acceptors (Lipinski definition) is 2. The van der Waals surface area contributed by atoms with Gasteiger partial charge >= 0.3 is 0 Å². The number of anilines is 2. The fourth-order valence-corrected chi connectivity index (χ4v) is 2.43. The van der Waals surface area contributed by atoms with Gasteiger partial charge in [-0.2, -0.15) is 0 Å². The van der Waals surface area contributed by atoms with Crippen molar-refractivity contribution in [1.29, 1.82) is 0 Å². The first-order valence-electron chi connectivity index (χ1n) is 6.62. The average molecular weight is 270 g/mol. The van der Waals surface area contributed by atoms with Crippen molar-refractivity contribution >= 4 is 17.3 Å². The van der Waals surface area contributed by atoms with E-state index >= 15 is 0 Å². The predicted octanol–water partition coefficient (Wildman–Crippen LogP) is 3.04. The highest BCUT2D eigenvalue weighted by molar-refractivity contribution is 6.00. The van der Waals surface area contributed by atoms with Crippen molar-refractivity contribution in [1.82, 2.24) is 0 Å². The lowest BCUT2D eigenvalue weighted by atomic mass is 10.2. The molecule has 1 atom stereocenters. The van der Waals surface area contributed by atoms with Gasteiger partial charge in [0.15, 0.2) is 0 Å². The highest BCUT2D eigenvalue weighted by Gasteiger charge is 2.32. The summed E-state index contributed by atoms with van der Waals surface area (Å²) in [6.07, 6.45) is 0.741. The van der Waals surface area contributed by atoms with Crippen LogP contribution in [0.1, 0.15) is 6.42 Å². The van der Waals surface area contributed by atoms with Gasteiger partial charge in [0.05, 0.1) is 0 Å². The van der Waals surface area contributed by atoms with Gasteiger partial charge in [0.1, 0.15) is 11.9 Å². The molecule has 102 valence electrons. The molecule has 1 N–H and O–H groups in total. The van der Waals surface area contributed by atoms with Crippen molar-refractivity contribution in [2.24, 2.45) is 0 Å². The van der Waals surface area contributed by atoms with Crippen molar-refractivity contribution in [2.75, 3.05) is 16.8 Å². The molecule has 0 bridgehead atoms. The van der Waals surface area contributed by atoms with Crippen molar-refractivity contribution in [3.05, 3.63) is 60.4 Å². The fraction of sp³-hybridized carbons (Fsp3) is 0.188. The highest BCUT2D eigenvalue weighted by atomic mass is 19.1. The van der Waals surface area contributed by atoms with E-state index in [4.69, 9.17) is 0 Å². The lowest BCUT2D eigenvalue weighted by Crippen LogP contribution is -2.33. The molecule has 1 heterocycles. The monoisotopic (exact) mass is 270 g/mol. The van der Waals surface area contributed by atoms with Crippen LogP contribution in [-0.2, 0) is 4.79 Å². The Labute approximate surface area is 117 Å². The lowest BCUT2D eigenvalue weighted by Gasteiger charge is -2.17. The summed E-state index contributed by atoms with van der Waals surface area (Å²) in [6.45, 7) is 0.648. The van der Waals surface area contributed by atoms with E-state index in [0.29, 0.717) is 6.54 Å². The van der Waals surface area contributed by atoms with Crippen LogP contribution in [-0.4, -0.2) is 18.5 Å². The molecule has 0 aromatic heterocycles. The molecule has 4 heteroatoms. The van der Waals surface area contributed by atoms with E-state index in [0.717, 1.165) is 17.8 Å². The smallest absolute Gasteiger partial charge is 0.249 e. The number of benzene rings is 2. The number of carbonyl (C=O) groups is 1. The van der Waals surface area contributed by atoms with Crippen LogP contribution in [0.25, 0.3) is 0 Å². The number of nitrogens with one attached hydrogen (secondary N) is 1. The molecule has 2 aromatic carbocycles. The summed E-state index contributed by atoms with van der Waals surface area (Å²) in [5.41, 5.74) is 1.68. The number of rotatable bonds is 3. The van der Waals surface area contributed by atoms with E-state index in [9.17, 15) is 9.18 Å². The Hall–Kier alpha value is -2.36. The molecule has 0 saturated carbocycles. The number of hydrogen-bond donors (Lipinski definition) is 1. The molecule has 1 saturated heterocycles. The molecule has 1 unspecified atom stereocenters. The number of amides is 1. The molecule has 1 aliphatic heterocycles. The van der Waals surface area contributed by atoms with Gasteiger partial charge < -0.3 is 10.2 Å². The summed E-state index contributed by atoms with van der Waals surface area (Å²) in [5, 5.41) is 3.24. The third-order valence-electron chi connectivity index (χ3n) is 3.46. The van der Waals surface area contributed by atoms with Gasteiger partial charge in [-0.3, -0.25) is 4.79 Å². The standard InChI is InChI=1S/C16H15FN2O/c17-12-6-8-14(9-7-12)19-11-10-15(16(19)20)18-13-4-2-1-3-5-13/h1-9,15,18H,10-11H2. The second-order valence-corrected chi connectivity index (χ2v) is 4.82. The van der Waals surface area contributed by atoms with Gasteiger partial charge in [0.2, 0.25) is 5.91 Å². The number of para-hydroxylation sites is 1. The predicted molar refractivity (Wildman–Crippen MR) is 77.2 cm³/mol.